The van der Waals surface area contributed by atoms with Crippen molar-refractivity contribution in [3.8, 4) is 0 Å². The predicted octanol–water partition coefficient (Wildman–Crippen LogP) is 6.35. The minimum atomic E-state index is 0. The van der Waals surface area contributed by atoms with Gasteiger partial charge in [-0.15, -0.1) is 12.4 Å². The molecule has 0 aliphatic heterocycles. The predicted molar refractivity (Wildman–Crippen MR) is 148 cm³/mol. The first-order valence-electron chi connectivity index (χ1n) is 12.8. The van der Waals surface area contributed by atoms with Crippen LogP contribution in [0.25, 0.3) is 21.8 Å². The summed E-state index contributed by atoms with van der Waals surface area (Å²) in [5.41, 5.74) is 7.48. The van der Waals surface area contributed by atoms with Crippen LogP contribution in [-0.2, 0) is 24.1 Å². The zero-order valence-corrected chi connectivity index (χ0v) is 21.1. The van der Waals surface area contributed by atoms with Crippen molar-refractivity contribution in [2.24, 2.45) is 0 Å². The van der Waals surface area contributed by atoms with Crippen molar-refractivity contribution >= 4 is 45.8 Å². The molecule has 0 spiro atoms. The summed E-state index contributed by atoms with van der Waals surface area (Å²) in [7, 11) is 0. The van der Waals surface area contributed by atoms with E-state index in [0.29, 0.717) is 13.0 Å². The van der Waals surface area contributed by atoms with Gasteiger partial charge in [-0.2, -0.15) is 0 Å². The van der Waals surface area contributed by atoms with Gasteiger partial charge in [0.1, 0.15) is 0 Å². The molecule has 2 heterocycles. The number of hydrogen-bond acceptors (Lipinski definition) is 3. The van der Waals surface area contributed by atoms with Gasteiger partial charge in [-0.1, -0.05) is 42.8 Å². The van der Waals surface area contributed by atoms with E-state index < -0.39 is 0 Å². The van der Waals surface area contributed by atoms with Gasteiger partial charge in [0.15, 0.2) is 0 Å². The van der Waals surface area contributed by atoms with Crippen molar-refractivity contribution in [1.29, 1.82) is 0 Å². The fourth-order valence-electron chi connectivity index (χ4n) is 5.14. The molecule has 5 nitrogen and oxygen atoms in total. The van der Waals surface area contributed by atoms with Crippen molar-refractivity contribution in [3.05, 3.63) is 71.5 Å². The Kier molecular flexibility index (Phi) is 8.64. The van der Waals surface area contributed by atoms with Gasteiger partial charge < -0.3 is 15.6 Å². The summed E-state index contributed by atoms with van der Waals surface area (Å²) in [6.07, 6.45) is 11.2. The number of amides is 1. The van der Waals surface area contributed by atoms with Crippen LogP contribution in [0, 0.1) is 0 Å². The van der Waals surface area contributed by atoms with Crippen molar-refractivity contribution in [1.82, 2.24) is 15.3 Å². The molecule has 0 bridgehead atoms. The Labute approximate surface area is 213 Å². The highest BCUT2D eigenvalue weighted by molar-refractivity contribution is 5.93. The molecular formula is C29H35ClN4O. The van der Waals surface area contributed by atoms with Crippen molar-refractivity contribution in [2.75, 3.05) is 18.4 Å². The molecule has 4 aromatic rings. The molecule has 0 atom stereocenters. The number of benzene rings is 2. The molecule has 3 N–H and O–H groups in total. The first-order chi connectivity index (χ1) is 16.8. The molecule has 0 unspecified atom stereocenters. The Balaban J connectivity index is 0.00000289. The second-order valence-electron chi connectivity index (χ2n) is 9.33. The summed E-state index contributed by atoms with van der Waals surface area (Å²) in [5.74, 6) is 0.155. The average molecular weight is 491 g/mol. The van der Waals surface area contributed by atoms with Crippen molar-refractivity contribution < 1.29 is 4.79 Å². The summed E-state index contributed by atoms with van der Waals surface area (Å²) in [5, 5.41) is 9.28. The third kappa shape index (κ3) is 5.96. The fourth-order valence-corrected chi connectivity index (χ4v) is 5.14. The molecule has 1 aliphatic carbocycles. The molecule has 2 aromatic heterocycles. The Bertz CT molecular complexity index is 1280. The molecular weight excluding hydrogens is 456 g/mol. The summed E-state index contributed by atoms with van der Waals surface area (Å²) < 4.78 is 0. The van der Waals surface area contributed by atoms with Crippen LogP contribution < -0.4 is 10.6 Å². The topological polar surface area (TPSA) is 69.8 Å². The number of pyridine rings is 1. The van der Waals surface area contributed by atoms with Crippen LogP contribution in [0.1, 0.15) is 55.3 Å². The van der Waals surface area contributed by atoms with Crippen molar-refractivity contribution in [2.45, 2.75) is 57.8 Å². The van der Waals surface area contributed by atoms with Gasteiger partial charge >= 0.3 is 0 Å². The molecule has 184 valence electrons. The maximum absolute atomic E-state index is 12.3. The zero-order chi connectivity index (χ0) is 23.2. The van der Waals surface area contributed by atoms with Crippen LogP contribution in [-0.4, -0.2) is 29.0 Å². The van der Waals surface area contributed by atoms with Crippen LogP contribution in [0.5, 0.6) is 0 Å². The molecule has 1 amide bonds. The molecule has 2 aromatic carbocycles. The van der Waals surface area contributed by atoms with Gasteiger partial charge in [0.25, 0.3) is 0 Å². The number of aromatic amines is 1. The maximum Gasteiger partial charge on any atom is 0.220 e. The summed E-state index contributed by atoms with van der Waals surface area (Å²) in [6.45, 7) is 1.62. The van der Waals surface area contributed by atoms with Crippen LogP contribution in [0.15, 0.2) is 54.7 Å². The van der Waals surface area contributed by atoms with Crippen molar-refractivity contribution in [3.63, 3.8) is 0 Å². The normalized spacial score (nSPS) is 12.8. The number of hydrogen-bond donors (Lipinski definition) is 3. The monoisotopic (exact) mass is 490 g/mol. The molecule has 6 heteroatoms. The smallest absolute Gasteiger partial charge is 0.220 e. The van der Waals surface area contributed by atoms with E-state index in [1.165, 1.54) is 46.1 Å². The number of nitrogens with one attached hydrogen (secondary N) is 3. The van der Waals surface area contributed by atoms with Gasteiger partial charge in [0, 0.05) is 53.4 Å². The standard InChI is InChI=1S/C29H34N4O.ClH/c34-28(30-19-17-21-20-32-25-13-6-3-10-22(21)25)16-2-1-9-18-31-29-23-11-4-7-14-26(23)33-27-15-8-5-12-24(27)29;/h3-4,6-7,10-11,13-14,20,32H,1-2,5,8-9,12,15-19H2,(H,30,34)(H,31,33);1H. The van der Waals surface area contributed by atoms with E-state index in [-0.39, 0.29) is 18.3 Å². The average Bonchev–Trinajstić information content (AvgIpc) is 3.28. The largest absolute Gasteiger partial charge is 0.384 e. The lowest BCUT2D eigenvalue weighted by Gasteiger charge is -2.21. The van der Waals surface area contributed by atoms with E-state index in [1.54, 1.807) is 0 Å². The van der Waals surface area contributed by atoms with Gasteiger partial charge in [-0.25, -0.2) is 0 Å². The number of carbonyl (C=O) groups is 1. The molecule has 0 radical (unpaired) electrons. The lowest BCUT2D eigenvalue weighted by Crippen LogP contribution is -2.25. The Morgan fingerprint density at radius 2 is 1.71 bits per heavy atom. The number of H-pyrrole nitrogens is 1. The van der Waals surface area contributed by atoms with Crippen LogP contribution in [0.4, 0.5) is 5.69 Å². The lowest BCUT2D eigenvalue weighted by atomic mass is 9.92. The highest BCUT2D eigenvalue weighted by Crippen LogP contribution is 2.33. The van der Waals surface area contributed by atoms with E-state index in [1.807, 2.05) is 12.3 Å². The zero-order valence-electron chi connectivity index (χ0n) is 20.2. The van der Waals surface area contributed by atoms with Gasteiger partial charge in [0.2, 0.25) is 5.91 Å². The number of nitrogens with zero attached hydrogens (tertiary/aromatic N) is 1. The second-order valence-corrected chi connectivity index (χ2v) is 9.33. The number of unbranched alkanes of at least 4 members (excludes halogenated alkanes) is 2. The fraction of sp³-hybridized carbons (Fsp3) is 0.379. The van der Waals surface area contributed by atoms with E-state index in [4.69, 9.17) is 4.98 Å². The number of aryl methyl sites for hydroxylation is 1. The Hall–Kier alpha value is -3.05. The molecule has 0 fully saturated rings. The SMILES string of the molecule is Cl.O=C(CCCCCNc1c2c(nc3ccccc13)CCCC2)NCCc1c[nH]c2ccccc12. The number of anilines is 1. The summed E-state index contributed by atoms with van der Waals surface area (Å²) in [6, 6.07) is 16.8. The number of halogens is 1. The number of aromatic nitrogens is 2. The maximum atomic E-state index is 12.3. The van der Waals surface area contributed by atoms with Gasteiger partial charge in [-0.3, -0.25) is 9.78 Å². The van der Waals surface area contributed by atoms with Gasteiger partial charge in [0.05, 0.1) is 5.52 Å². The van der Waals surface area contributed by atoms with E-state index in [9.17, 15) is 4.79 Å². The quantitative estimate of drug-likeness (QED) is 0.227. The summed E-state index contributed by atoms with van der Waals surface area (Å²) >= 11 is 0. The number of carbonyl (C=O) groups excluding carboxylic acids is 1. The summed E-state index contributed by atoms with van der Waals surface area (Å²) in [4.78, 5) is 20.5. The third-order valence-electron chi connectivity index (χ3n) is 6.94. The second kappa shape index (κ2) is 12.1. The van der Waals surface area contributed by atoms with E-state index in [2.05, 4.69) is 58.1 Å². The number of fused-ring (bicyclic) bond motifs is 3. The molecule has 5 rings (SSSR count). The van der Waals surface area contributed by atoms with Crippen LogP contribution in [0.3, 0.4) is 0 Å². The molecule has 0 saturated carbocycles. The Morgan fingerprint density at radius 1 is 0.914 bits per heavy atom. The first kappa shape index (κ1) is 25.1. The minimum absolute atomic E-state index is 0. The van der Waals surface area contributed by atoms with Crippen LogP contribution >= 0.6 is 12.4 Å². The number of para-hydroxylation sites is 2. The Morgan fingerprint density at radius 3 is 2.63 bits per heavy atom. The van der Waals surface area contributed by atoms with Crippen LogP contribution in [0.2, 0.25) is 0 Å². The number of rotatable bonds is 10. The highest BCUT2D eigenvalue weighted by Gasteiger charge is 2.17. The molecule has 1 aliphatic rings. The highest BCUT2D eigenvalue weighted by atomic mass is 35.5. The van der Waals surface area contributed by atoms with Gasteiger partial charge in [-0.05, 0) is 68.2 Å². The first-order valence-corrected chi connectivity index (χ1v) is 12.8. The van der Waals surface area contributed by atoms with E-state index in [0.717, 1.165) is 56.1 Å². The van der Waals surface area contributed by atoms with E-state index >= 15 is 0 Å². The minimum Gasteiger partial charge on any atom is -0.384 e. The molecule has 35 heavy (non-hydrogen) atoms. The lowest BCUT2D eigenvalue weighted by molar-refractivity contribution is -0.121. The third-order valence-corrected chi connectivity index (χ3v) is 6.94. The molecule has 0 saturated heterocycles.